The van der Waals surface area contributed by atoms with Crippen LogP contribution in [-0.4, -0.2) is 11.3 Å². The van der Waals surface area contributed by atoms with Crippen LogP contribution in [0.25, 0.3) is 0 Å². The molecule has 0 unspecified atom stereocenters. The zero-order valence-corrected chi connectivity index (χ0v) is 9.04. The maximum absolute atomic E-state index is 9.13. The lowest BCUT2D eigenvalue weighted by molar-refractivity contribution is -0.672. The maximum Gasteiger partial charge on any atom is 0.223 e. The number of aromatic nitrogens is 1. The monoisotopic (exact) mass is 213 g/mol. The minimum atomic E-state index is 0.254. The summed E-state index contributed by atoms with van der Waals surface area (Å²) in [5.41, 5.74) is 1.84. The van der Waals surface area contributed by atoms with Crippen LogP contribution in [0.3, 0.4) is 0 Å². The molecule has 0 bridgehead atoms. The zero-order valence-electron chi connectivity index (χ0n) is 9.04. The van der Waals surface area contributed by atoms with E-state index < -0.39 is 0 Å². The Kier molecular flexibility index (Phi) is 2.96. The highest BCUT2D eigenvalue weighted by molar-refractivity contribution is 5.77. The number of aliphatic imine (C=N–C) groups is 1. The summed E-state index contributed by atoms with van der Waals surface area (Å²) in [6, 6.07) is 12.7. The highest BCUT2D eigenvalue weighted by Crippen LogP contribution is 2.16. The van der Waals surface area contributed by atoms with E-state index in [2.05, 4.69) is 4.99 Å². The highest BCUT2D eigenvalue weighted by Gasteiger charge is 1.99. The van der Waals surface area contributed by atoms with Gasteiger partial charge in [-0.1, -0.05) is 0 Å². The molecule has 0 radical (unpaired) electrons. The van der Waals surface area contributed by atoms with E-state index in [0.29, 0.717) is 0 Å². The molecule has 3 nitrogen and oxygen atoms in total. The topological polar surface area (TPSA) is 36.5 Å². The molecule has 0 aliphatic rings. The van der Waals surface area contributed by atoms with Gasteiger partial charge in [-0.15, -0.1) is 0 Å². The largest absolute Gasteiger partial charge is 0.508 e. The Morgan fingerprint density at radius 2 is 1.88 bits per heavy atom. The van der Waals surface area contributed by atoms with Gasteiger partial charge in [0.05, 0.1) is 11.9 Å². The molecule has 2 aromatic rings. The van der Waals surface area contributed by atoms with Gasteiger partial charge in [0, 0.05) is 12.1 Å². The number of aryl methyl sites for hydroxylation is 1. The summed E-state index contributed by atoms with van der Waals surface area (Å²) >= 11 is 0. The second-order valence-corrected chi connectivity index (χ2v) is 3.51. The predicted molar refractivity (Wildman–Crippen MR) is 63.0 cm³/mol. The summed E-state index contributed by atoms with van der Waals surface area (Å²) < 4.78 is 1.99. The van der Waals surface area contributed by atoms with E-state index in [-0.39, 0.29) is 5.75 Å². The zero-order chi connectivity index (χ0) is 11.4. The van der Waals surface area contributed by atoms with Crippen LogP contribution < -0.4 is 4.57 Å². The van der Waals surface area contributed by atoms with E-state index in [1.807, 2.05) is 36.0 Å². The van der Waals surface area contributed by atoms with Gasteiger partial charge in [-0.25, -0.2) is 9.56 Å². The molecule has 0 amide bonds. The minimum Gasteiger partial charge on any atom is -0.508 e. The third-order valence-electron chi connectivity index (χ3n) is 2.29. The Bertz CT molecular complexity index is 504. The number of aromatic hydroxyl groups is 1. The summed E-state index contributed by atoms with van der Waals surface area (Å²) in [4.78, 5) is 4.32. The number of nitrogens with zero attached hydrogens (tertiary/aromatic N) is 2. The lowest BCUT2D eigenvalue weighted by atomic mass is 10.3. The molecule has 1 N–H and O–H groups in total. The molecule has 0 saturated heterocycles. The van der Waals surface area contributed by atoms with Crippen LogP contribution >= 0.6 is 0 Å². The van der Waals surface area contributed by atoms with Crippen LogP contribution in [-0.2, 0) is 7.05 Å². The van der Waals surface area contributed by atoms with Gasteiger partial charge in [0.25, 0.3) is 0 Å². The van der Waals surface area contributed by atoms with Gasteiger partial charge < -0.3 is 5.11 Å². The molecule has 0 aliphatic heterocycles. The van der Waals surface area contributed by atoms with Crippen LogP contribution in [0.5, 0.6) is 5.75 Å². The minimum absolute atomic E-state index is 0.254. The van der Waals surface area contributed by atoms with Crippen LogP contribution in [0.4, 0.5) is 5.69 Å². The van der Waals surface area contributed by atoms with Crippen molar-refractivity contribution >= 4 is 11.9 Å². The van der Waals surface area contributed by atoms with Crippen molar-refractivity contribution in [1.82, 2.24) is 0 Å². The summed E-state index contributed by atoms with van der Waals surface area (Å²) in [5, 5.41) is 9.13. The summed E-state index contributed by atoms with van der Waals surface area (Å²) in [6.45, 7) is 0. The van der Waals surface area contributed by atoms with Gasteiger partial charge >= 0.3 is 0 Å². The Balaban J connectivity index is 2.21. The molecular formula is C13H13N2O+. The molecule has 1 heterocycles. The average Bonchev–Trinajstić information content (AvgIpc) is 2.30. The Morgan fingerprint density at radius 3 is 2.56 bits per heavy atom. The van der Waals surface area contributed by atoms with E-state index in [9.17, 15) is 0 Å². The fraction of sp³-hybridized carbons (Fsp3) is 0.0769. The van der Waals surface area contributed by atoms with Gasteiger partial charge in [0.2, 0.25) is 5.69 Å². The molecule has 1 aromatic heterocycles. The SMILES string of the molecule is C[n+]1ccccc1C=Nc1ccc(O)cc1. The molecule has 16 heavy (non-hydrogen) atoms. The molecular weight excluding hydrogens is 200 g/mol. The molecule has 0 saturated carbocycles. The van der Waals surface area contributed by atoms with Gasteiger partial charge in [0.1, 0.15) is 12.8 Å². The van der Waals surface area contributed by atoms with Crippen molar-refractivity contribution in [1.29, 1.82) is 0 Å². The predicted octanol–water partition coefficient (Wildman–Crippen LogP) is 1.97. The van der Waals surface area contributed by atoms with Crippen molar-refractivity contribution in [3.05, 3.63) is 54.4 Å². The quantitative estimate of drug-likeness (QED) is 0.601. The normalized spacial score (nSPS) is 10.8. The first-order valence-corrected chi connectivity index (χ1v) is 5.03. The number of phenolic OH excluding ortho intramolecular Hbond substituents is 1. The Hall–Kier alpha value is -2.16. The first kappa shape index (κ1) is 10.4. The summed E-state index contributed by atoms with van der Waals surface area (Å²) in [7, 11) is 1.97. The lowest BCUT2D eigenvalue weighted by Gasteiger charge is -1.94. The third-order valence-corrected chi connectivity index (χ3v) is 2.29. The summed E-state index contributed by atoms with van der Waals surface area (Å²) in [6.07, 6.45) is 3.77. The number of rotatable bonds is 2. The van der Waals surface area contributed by atoms with Crippen LogP contribution in [0.1, 0.15) is 5.69 Å². The fourth-order valence-corrected chi connectivity index (χ4v) is 1.35. The Labute approximate surface area is 94.3 Å². The first-order valence-electron chi connectivity index (χ1n) is 5.03. The molecule has 0 fully saturated rings. The van der Waals surface area contributed by atoms with E-state index >= 15 is 0 Å². The van der Waals surface area contributed by atoms with E-state index in [1.165, 1.54) is 0 Å². The van der Waals surface area contributed by atoms with E-state index in [4.69, 9.17) is 5.11 Å². The fourth-order valence-electron chi connectivity index (χ4n) is 1.35. The lowest BCUT2D eigenvalue weighted by Crippen LogP contribution is -2.32. The second kappa shape index (κ2) is 4.57. The van der Waals surface area contributed by atoms with Crippen LogP contribution in [0.2, 0.25) is 0 Å². The highest BCUT2D eigenvalue weighted by atomic mass is 16.3. The average molecular weight is 213 g/mol. The summed E-state index contributed by atoms with van der Waals surface area (Å²) in [5.74, 6) is 0.254. The number of hydrogen-bond acceptors (Lipinski definition) is 2. The number of phenols is 1. The van der Waals surface area contributed by atoms with Crippen molar-refractivity contribution in [3.63, 3.8) is 0 Å². The second-order valence-electron chi connectivity index (χ2n) is 3.51. The maximum atomic E-state index is 9.13. The molecule has 3 heteroatoms. The molecule has 2 rings (SSSR count). The molecule has 0 spiro atoms. The molecule has 0 aliphatic carbocycles. The van der Waals surface area contributed by atoms with Crippen molar-refractivity contribution in [2.75, 3.05) is 0 Å². The van der Waals surface area contributed by atoms with Gasteiger partial charge in [-0.05, 0) is 30.3 Å². The van der Waals surface area contributed by atoms with Crippen LogP contribution in [0.15, 0.2) is 53.7 Å². The van der Waals surface area contributed by atoms with Gasteiger partial charge in [-0.3, -0.25) is 0 Å². The van der Waals surface area contributed by atoms with Gasteiger partial charge in [-0.2, -0.15) is 0 Å². The van der Waals surface area contributed by atoms with Crippen molar-refractivity contribution < 1.29 is 9.67 Å². The van der Waals surface area contributed by atoms with E-state index in [0.717, 1.165) is 11.4 Å². The number of benzene rings is 1. The first-order chi connectivity index (χ1) is 7.75. The van der Waals surface area contributed by atoms with Crippen LogP contribution in [0, 0.1) is 0 Å². The molecule has 1 aromatic carbocycles. The van der Waals surface area contributed by atoms with Crippen molar-refractivity contribution in [2.45, 2.75) is 0 Å². The Morgan fingerprint density at radius 1 is 1.12 bits per heavy atom. The van der Waals surface area contributed by atoms with Gasteiger partial charge in [0.15, 0.2) is 6.20 Å². The number of hydrogen-bond donors (Lipinski definition) is 1. The van der Waals surface area contributed by atoms with Crippen molar-refractivity contribution in [3.8, 4) is 5.75 Å². The standard InChI is InChI=1S/C13H12N2O/c1-15-9-3-2-4-12(15)10-14-11-5-7-13(16)8-6-11/h2-10H,1H3/p+1. The van der Waals surface area contributed by atoms with Crippen molar-refractivity contribution in [2.24, 2.45) is 12.0 Å². The van der Waals surface area contributed by atoms with E-state index in [1.54, 1.807) is 30.5 Å². The number of pyridine rings is 1. The smallest absolute Gasteiger partial charge is 0.223 e. The molecule has 80 valence electrons. The molecule has 0 atom stereocenters. The third kappa shape index (κ3) is 2.45.